The van der Waals surface area contributed by atoms with Gasteiger partial charge in [0.25, 0.3) is 5.91 Å². The third-order valence-electron chi connectivity index (χ3n) is 3.72. The smallest absolute Gasteiger partial charge is 0.254 e. The summed E-state index contributed by atoms with van der Waals surface area (Å²) < 4.78 is 14.6. The molecule has 1 amide bonds. The van der Waals surface area contributed by atoms with E-state index in [4.69, 9.17) is 5.26 Å². The van der Waals surface area contributed by atoms with Crippen LogP contribution in [0, 0.1) is 17.3 Å². The lowest BCUT2D eigenvalue weighted by atomic mass is 10.1. The van der Waals surface area contributed by atoms with Crippen LogP contribution in [0.25, 0.3) is 0 Å². The van der Waals surface area contributed by atoms with E-state index in [2.05, 4.69) is 20.6 Å². The molecular weight excluding hydrogens is 311 g/mol. The second-order valence-corrected chi connectivity index (χ2v) is 5.37. The first-order valence-electron chi connectivity index (χ1n) is 7.45. The minimum atomic E-state index is -0.669. The molecule has 2 N–H and O–H groups in total. The van der Waals surface area contributed by atoms with Gasteiger partial charge in [-0.15, -0.1) is 0 Å². The SMILES string of the molecule is N#CN1CC[C@@H](NC(=O)c2cccc(Nc3ncccn3)c2F)C1. The van der Waals surface area contributed by atoms with Crippen LogP contribution < -0.4 is 10.6 Å². The molecule has 0 bridgehead atoms. The lowest BCUT2D eigenvalue weighted by Crippen LogP contribution is -2.36. The molecule has 1 fully saturated rings. The maximum absolute atomic E-state index is 14.6. The summed E-state index contributed by atoms with van der Waals surface area (Å²) in [5.74, 6) is -0.929. The Kier molecular flexibility index (Phi) is 4.52. The molecular formula is C16H15FN6O. The van der Waals surface area contributed by atoms with Crippen LogP contribution in [0.5, 0.6) is 0 Å². The zero-order chi connectivity index (χ0) is 16.9. The third-order valence-corrected chi connectivity index (χ3v) is 3.72. The van der Waals surface area contributed by atoms with Gasteiger partial charge < -0.3 is 15.5 Å². The predicted molar refractivity (Wildman–Crippen MR) is 84.8 cm³/mol. The summed E-state index contributed by atoms with van der Waals surface area (Å²) in [5, 5.41) is 14.3. The number of likely N-dealkylation sites (tertiary alicyclic amines) is 1. The maximum atomic E-state index is 14.6. The van der Waals surface area contributed by atoms with E-state index >= 15 is 0 Å². The highest BCUT2D eigenvalue weighted by molar-refractivity contribution is 5.95. The Balaban J connectivity index is 1.73. The van der Waals surface area contributed by atoms with Gasteiger partial charge >= 0.3 is 0 Å². The van der Waals surface area contributed by atoms with Crippen molar-refractivity contribution in [3.8, 4) is 6.19 Å². The molecule has 122 valence electrons. The minimum Gasteiger partial charge on any atom is -0.347 e. The summed E-state index contributed by atoms with van der Waals surface area (Å²) in [7, 11) is 0. The summed E-state index contributed by atoms with van der Waals surface area (Å²) in [5.41, 5.74) is 0.0604. The first kappa shape index (κ1) is 15.7. The van der Waals surface area contributed by atoms with Gasteiger partial charge in [-0.25, -0.2) is 14.4 Å². The fraction of sp³-hybridized carbons (Fsp3) is 0.250. The van der Waals surface area contributed by atoms with E-state index in [1.165, 1.54) is 24.5 Å². The van der Waals surface area contributed by atoms with E-state index in [0.717, 1.165) is 0 Å². The Hall–Kier alpha value is -3.21. The van der Waals surface area contributed by atoms with Crippen molar-refractivity contribution in [3.63, 3.8) is 0 Å². The molecule has 8 heteroatoms. The number of nitrogens with zero attached hydrogens (tertiary/aromatic N) is 4. The first-order chi connectivity index (χ1) is 11.7. The third kappa shape index (κ3) is 3.41. The van der Waals surface area contributed by atoms with Gasteiger partial charge in [0.2, 0.25) is 5.95 Å². The fourth-order valence-corrected chi connectivity index (χ4v) is 2.52. The number of nitriles is 1. The molecule has 0 radical (unpaired) electrons. The molecule has 1 aliphatic rings. The number of rotatable bonds is 4. The first-order valence-corrected chi connectivity index (χ1v) is 7.45. The van der Waals surface area contributed by atoms with Crippen LogP contribution in [0.2, 0.25) is 0 Å². The summed E-state index contributed by atoms with van der Waals surface area (Å²) in [6.45, 7) is 1.04. The number of carbonyl (C=O) groups is 1. The van der Waals surface area contributed by atoms with Crippen LogP contribution in [0.3, 0.4) is 0 Å². The van der Waals surface area contributed by atoms with Crippen molar-refractivity contribution in [1.29, 1.82) is 5.26 Å². The number of hydrogen-bond acceptors (Lipinski definition) is 6. The Labute approximate surface area is 138 Å². The van der Waals surface area contributed by atoms with E-state index in [0.29, 0.717) is 19.5 Å². The van der Waals surface area contributed by atoms with Crippen molar-refractivity contribution in [1.82, 2.24) is 20.2 Å². The average molecular weight is 326 g/mol. The molecule has 3 rings (SSSR count). The summed E-state index contributed by atoms with van der Waals surface area (Å²) in [6, 6.07) is 6.00. The molecule has 1 aromatic heterocycles. The standard InChI is InChI=1S/C16H15FN6O/c17-14-12(15(24)21-11-5-8-23(9-11)10-18)3-1-4-13(14)22-16-19-6-2-7-20-16/h1-4,6-7,11H,5,8-9H2,(H,21,24)(H,19,20,22)/t11-/m1/s1. The highest BCUT2D eigenvalue weighted by Gasteiger charge is 2.25. The molecule has 0 spiro atoms. The van der Waals surface area contributed by atoms with Crippen LogP contribution in [0.1, 0.15) is 16.8 Å². The Morgan fingerprint density at radius 1 is 1.33 bits per heavy atom. The van der Waals surface area contributed by atoms with Gasteiger partial charge in [-0.2, -0.15) is 5.26 Å². The van der Waals surface area contributed by atoms with Crippen molar-refractivity contribution in [3.05, 3.63) is 48.0 Å². The molecule has 2 aromatic rings. The largest absolute Gasteiger partial charge is 0.347 e. The van der Waals surface area contributed by atoms with Crippen molar-refractivity contribution in [2.75, 3.05) is 18.4 Å². The van der Waals surface area contributed by atoms with Gasteiger partial charge in [-0.1, -0.05) is 6.07 Å². The normalized spacial score (nSPS) is 16.5. The Bertz CT molecular complexity index is 776. The predicted octanol–water partition coefficient (Wildman–Crippen LogP) is 1.64. The number of carbonyl (C=O) groups excluding carboxylic acids is 1. The van der Waals surface area contributed by atoms with E-state index < -0.39 is 11.7 Å². The van der Waals surface area contributed by atoms with Crippen molar-refractivity contribution in [2.45, 2.75) is 12.5 Å². The van der Waals surface area contributed by atoms with Crippen LogP contribution in [0.15, 0.2) is 36.7 Å². The lowest BCUT2D eigenvalue weighted by molar-refractivity contribution is 0.0935. The van der Waals surface area contributed by atoms with E-state index in [1.807, 2.05) is 6.19 Å². The fourth-order valence-electron chi connectivity index (χ4n) is 2.52. The zero-order valence-electron chi connectivity index (χ0n) is 12.7. The molecule has 1 atom stereocenters. The Morgan fingerprint density at radius 2 is 2.12 bits per heavy atom. The average Bonchev–Trinajstić information content (AvgIpc) is 3.05. The monoisotopic (exact) mass is 326 g/mol. The Morgan fingerprint density at radius 3 is 2.83 bits per heavy atom. The van der Waals surface area contributed by atoms with Gasteiger partial charge in [0.1, 0.15) is 0 Å². The van der Waals surface area contributed by atoms with Gasteiger partial charge in [0, 0.05) is 31.5 Å². The molecule has 0 aliphatic carbocycles. The zero-order valence-corrected chi connectivity index (χ0v) is 12.7. The number of hydrogen-bond donors (Lipinski definition) is 2. The number of anilines is 2. The van der Waals surface area contributed by atoms with Gasteiger partial charge in [0.15, 0.2) is 12.0 Å². The number of aromatic nitrogens is 2. The van der Waals surface area contributed by atoms with Gasteiger partial charge in [-0.05, 0) is 24.6 Å². The van der Waals surface area contributed by atoms with E-state index in [-0.39, 0.29) is 23.2 Å². The van der Waals surface area contributed by atoms with Crippen LogP contribution >= 0.6 is 0 Å². The maximum Gasteiger partial charge on any atom is 0.254 e. The van der Waals surface area contributed by atoms with Crippen LogP contribution in [-0.2, 0) is 0 Å². The molecule has 0 unspecified atom stereocenters. The molecule has 7 nitrogen and oxygen atoms in total. The van der Waals surface area contributed by atoms with E-state index in [9.17, 15) is 9.18 Å². The molecule has 1 saturated heterocycles. The van der Waals surface area contributed by atoms with Crippen molar-refractivity contribution in [2.24, 2.45) is 0 Å². The second kappa shape index (κ2) is 6.91. The van der Waals surface area contributed by atoms with Gasteiger partial charge in [0.05, 0.1) is 11.3 Å². The second-order valence-electron chi connectivity index (χ2n) is 5.37. The number of halogens is 1. The molecule has 1 aliphatic heterocycles. The lowest BCUT2D eigenvalue weighted by Gasteiger charge is -2.14. The minimum absolute atomic E-state index is 0.0636. The highest BCUT2D eigenvalue weighted by atomic mass is 19.1. The van der Waals surface area contributed by atoms with Crippen LogP contribution in [0.4, 0.5) is 16.0 Å². The number of nitrogens with one attached hydrogen (secondary N) is 2. The molecule has 1 aromatic carbocycles. The molecule has 2 heterocycles. The number of benzene rings is 1. The topological polar surface area (TPSA) is 93.9 Å². The van der Waals surface area contributed by atoms with E-state index in [1.54, 1.807) is 17.0 Å². The molecule has 24 heavy (non-hydrogen) atoms. The van der Waals surface area contributed by atoms with Crippen molar-refractivity contribution >= 4 is 17.5 Å². The van der Waals surface area contributed by atoms with Crippen LogP contribution in [-0.4, -0.2) is 39.9 Å². The molecule has 0 saturated carbocycles. The summed E-state index contributed by atoms with van der Waals surface area (Å²) in [4.78, 5) is 21.8. The number of amides is 1. The van der Waals surface area contributed by atoms with Gasteiger partial charge in [-0.3, -0.25) is 4.79 Å². The van der Waals surface area contributed by atoms with Crippen molar-refractivity contribution < 1.29 is 9.18 Å². The summed E-state index contributed by atoms with van der Waals surface area (Å²) >= 11 is 0. The highest BCUT2D eigenvalue weighted by Crippen LogP contribution is 2.21. The summed E-state index contributed by atoms with van der Waals surface area (Å²) in [6.07, 6.45) is 5.77. The quantitative estimate of drug-likeness (QED) is 0.830.